The standard InChI is InChI=1S/C12H17N5O/c1-12(2,3)16-10(18)7-17-9-4-5-14-6-8(9)15-11(17)13/h4-6H,7H2,1-3H3,(H2,13,15)(H,16,18). The Hall–Kier alpha value is -2.11. The van der Waals surface area contributed by atoms with Crippen LogP contribution >= 0.6 is 0 Å². The van der Waals surface area contributed by atoms with Crippen molar-refractivity contribution in [2.24, 2.45) is 0 Å². The largest absolute Gasteiger partial charge is 0.369 e. The fourth-order valence-corrected chi connectivity index (χ4v) is 1.77. The van der Waals surface area contributed by atoms with Crippen LogP contribution in [-0.4, -0.2) is 26.0 Å². The van der Waals surface area contributed by atoms with Crippen LogP contribution in [0.1, 0.15) is 20.8 Å². The molecule has 0 spiro atoms. The fraction of sp³-hybridized carbons (Fsp3) is 0.417. The molecule has 0 fully saturated rings. The predicted octanol–water partition coefficient (Wildman–Crippen LogP) is 0.928. The second-order valence-corrected chi connectivity index (χ2v) is 5.22. The lowest BCUT2D eigenvalue weighted by Crippen LogP contribution is -2.42. The van der Waals surface area contributed by atoms with Gasteiger partial charge in [-0.2, -0.15) is 0 Å². The smallest absolute Gasteiger partial charge is 0.240 e. The number of nitrogens with one attached hydrogen (secondary N) is 1. The second-order valence-electron chi connectivity index (χ2n) is 5.22. The number of nitrogens with zero attached hydrogens (tertiary/aromatic N) is 3. The van der Waals surface area contributed by atoms with Crippen molar-refractivity contribution in [1.82, 2.24) is 19.9 Å². The van der Waals surface area contributed by atoms with Crippen LogP contribution in [0.4, 0.5) is 5.95 Å². The van der Waals surface area contributed by atoms with Crippen molar-refractivity contribution < 1.29 is 4.79 Å². The summed E-state index contributed by atoms with van der Waals surface area (Å²) < 4.78 is 1.68. The monoisotopic (exact) mass is 247 g/mol. The molecule has 6 nitrogen and oxygen atoms in total. The first kappa shape index (κ1) is 12.3. The van der Waals surface area contributed by atoms with Crippen LogP contribution in [0.2, 0.25) is 0 Å². The number of hydrogen-bond acceptors (Lipinski definition) is 4. The number of imidazole rings is 1. The molecule has 1 amide bonds. The van der Waals surface area contributed by atoms with E-state index >= 15 is 0 Å². The highest BCUT2D eigenvalue weighted by atomic mass is 16.2. The summed E-state index contributed by atoms with van der Waals surface area (Å²) in [5.41, 5.74) is 7.05. The zero-order chi connectivity index (χ0) is 13.3. The molecule has 18 heavy (non-hydrogen) atoms. The number of anilines is 1. The van der Waals surface area contributed by atoms with Gasteiger partial charge in [-0.1, -0.05) is 0 Å². The molecule has 0 saturated heterocycles. The van der Waals surface area contributed by atoms with E-state index in [1.807, 2.05) is 20.8 Å². The molecule has 0 aliphatic heterocycles. The summed E-state index contributed by atoms with van der Waals surface area (Å²) in [6, 6.07) is 1.79. The molecular weight excluding hydrogens is 230 g/mol. The quantitative estimate of drug-likeness (QED) is 0.826. The lowest BCUT2D eigenvalue weighted by Gasteiger charge is -2.20. The number of rotatable bonds is 2. The minimum Gasteiger partial charge on any atom is -0.369 e. The maximum atomic E-state index is 11.9. The van der Waals surface area contributed by atoms with E-state index in [4.69, 9.17) is 5.73 Å². The first-order chi connectivity index (χ1) is 8.37. The van der Waals surface area contributed by atoms with Gasteiger partial charge in [-0.25, -0.2) is 4.98 Å². The number of aromatic nitrogens is 3. The summed E-state index contributed by atoms with van der Waals surface area (Å²) >= 11 is 0. The van der Waals surface area contributed by atoms with E-state index in [-0.39, 0.29) is 18.0 Å². The summed E-state index contributed by atoms with van der Waals surface area (Å²) in [5, 5.41) is 2.89. The Morgan fingerprint density at radius 3 is 2.89 bits per heavy atom. The van der Waals surface area contributed by atoms with Gasteiger partial charge >= 0.3 is 0 Å². The molecule has 0 saturated carbocycles. The SMILES string of the molecule is CC(C)(C)NC(=O)Cn1c(N)nc2cnccc21. The van der Waals surface area contributed by atoms with E-state index in [1.54, 1.807) is 23.0 Å². The summed E-state index contributed by atoms with van der Waals surface area (Å²) in [6.45, 7) is 5.96. The number of amides is 1. The molecule has 3 N–H and O–H groups in total. The van der Waals surface area contributed by atoms with Gasteiger partial charge in [0.15, 0.2) is 0 Å². The second kappa shape index (κ2) is 4.29. The number of carbonyl (C=O) groups is 1. The lowest BCUT2D eigenvalue weighted by atomic mass is 10.1. The van der Waals surface area contributed by atoms with Crippen molar-refractivity contribution >= 4 is 22.9 Å². The molecular formula is C12H17N5O. The van der Waals surface area contributed by atoms with Gasteiger partial charge < -0.3 is 15.6 Å². The third-order valence-electron chi connectivity index (χ3n) is 2.40. The van der Waals surface area contributed by atoms with Crippen LogP contribution in [0.5, 0.6) is 0 Å². The average molecular weight is 247 g/mol. The van der Waals surface area contributed by atoms with Crippen molar-refractivity contribution in [1.29, 1.82) is 0 Å². The molecule has 0 aromatic carbocycles. The van der Waals surface area contributed by atoms with Gasteiger partial charge in [-0.15, -0.1) is 0 Å². The molecule has 0 bridgehead atoms. The van der Waals surface area contributed by atoms with E-state index in [0.29, 0.717) is 11.5 Å². The van der Waals surface area contributed by atoms with Crippen LogP contribution in [0.3, 0.4) is 0 Å². The van der Waals surface area contributed by atoms with Crippen LogP contribution in [0.25, 0.3) is 11.0 Å². The molecule has 2 aromatic rings. The Morgan fingerprint density at radius 1 is 1.50 bits per heavy atom. The first-order valence-electron chi connectivity index (χ1n) is 5.73. The lowest BCUT2D eigenvalue weighted by molar-refractivity contribution is -0.122. The van der Waals surface area contributed by atoms with Crippen LogP contribution in [-0.2, 0) is 11.3 Å². The summed E-state index contributed by atoms with van der Waals surface area (Å²) in [5.74, 6) is 0.229. The Balaban J connectivity index is 2.27. The number of fused-ring (bicyclic) bond motifs is 1. The Kier molecular flexibility index (Phi) is 2.94. The van der Waals surface area contributed by atoms with E-state index in [0.717, 1.165) is 5.52 Å². The van der Waals surface area contributed by atoms with Gasteiger partial charge in [-0.05, 0) is 26.8 Å². The number of pyridine rings is 1. The molecule has 6 heteroatoms. The fourth-order valence-electron chi connectivity index (χ4n) is 1.77. The number of carbonyl (C=O) groups excluding carboxylic acids is 1. The van der Waals surface area contributed by atoms with Gasteiger partial charge in [-0.3, -0.25) is 9.78 Å². The third kappa shape index (κ3) is 2.58. The van der Waals surface area contributed by atoms with Crippen LogP contribution in [0, 0.1) is 0 Å². The molecule has 96 valence electrons. The molecule has 2 aromatic heterocycles. The van der Waals surface area contributed by atoms with Crippen molar-refractivity contribution in [3.63, 3.8) is 0 Å². The van der Waals surface area contributed by atoms with Gasteiger partial charge in [0, 0.05) is 11.7 Å². The van der Waals surface area contributed by atoms with Gasteiger partial charge in [0.25, 0.3) is 0 Å². The molecule has 2 rings (SSSR count). The van der Waals surface area contributed by atoms with E-state index in [9.17, 15) is 4.79 Å². The molecule has 2 heterocycles. The van der Waals surface area contributed by atoms with E-state index in [2.05, 4.69) is 15.3 Å². The summed E-state index contributed by atoms with van der Waals surface area (Å²) in [4.78, 5) is 20.0. The summed E-state index contributed by atoms with van der Waals surface area (Å²) in [6.07, 6.45) is 3.28. The highest BCUT2D eigenvalue weighted by molar-refractivity contribution is 5.82. The zero-order valence-corrected chi connectivity index (χ0v) is 10.8. The molecule has 0 atom stereocenters. The Labute approximate surface area is 105 Å². The maximum Gasteiger partial charge on any atom is 0.240 e. The van der Waals surface area contributed by atoms with Crippen LogP contribution < -0.4 is 11.1 Å². The van der Waals surface area contributed by atoms with Gasteiger partial charge in [0.2, 0.25) is 11.9 Å². The number of nitrogens with two attached hydrogens (primary N) is 1. The molecule has 0 aliphatic carbocycles. The van der Waals surface area contributed by atoms with Crippen molar-refractivity contribution in [3.05, 3.63) is 18.5 Å². The van der Waals surface area contributed by atoms with Gasteiger partial charge in [0.1, 0.15) is 12.1 Å². The van der Waals surface area contributed by atoms with Gasteiger partial charge in [0.05, 0.1) is 11.7 Å². The Morgan fingerprint density at radius 2 is 2.22 bits per heavy atom. The minimum absolute atomic E-state index is 0.0923. The molecule has 0 radical (unpaired) electrons. The van der Waals surface area contributed by atoms with Crippen molar-refractivity contribution in [2.75, 3.05) is 5.73 Å². The number of hydrogen-bond donors (Lipinski definition) is 2. The zero-order valence-electron chi connectivity index (χ0n) is 10.8. The van der Waals surface area contributed by atoms with Crippen molar-refractivity contribution in [2.45, 2.75) is 32.9 Å². The van der Waals surface area contributed by atoms with E-state index < -0.39 is 0 Å². The average Bonchev–Trinajstić information content (AvgIpc) is 2.53. The van der Waals surface area contributed by atoms with Crippen molar-refractivity contribution in [3.8, 4) is 0 Å². The normalized spacial score (nSPS) is 11.7. The summed E-state index contributed by atoms with van der Waals surface area (Å²) in [7, 11) is 0. The highest BCUT2D eigenvalue weighted by Gasteiger charge is 2.16. The number of nitrogen functional groups attached to an aromatic ring is 1. The third-order valence-corrected chi connectivity index (χ3v) is 2.40. The highest BCUT2D eigenvalue weighted by Crippen LogP contribution is 2.16. The topological polar surface area (TPSA) is 85.8 Å². The van der Waals surface area contributed by atoms with E-state index in [1.165, 1.54) is 0 Å². The Bertz CT molecular complexity index is 582. The maximum absolute atomic E-state index is 11.9. The predicted molar refractivity (Wildman–Crippen MR) is 69.8 cm³/mol. The van der Waals surface area contributed by atoms with Crippen LogP contribution in [0.15, 0.2) is 18.5 Å². The molecule has 0 aliphatic rings. The minimum atomic E-state index is -0.260. The molecule has 0 unspecified atom stereocenters. The first-order valence-corrected chi connectivity index (χ1v) is 5.73.